The number of aliphatic carboxylic acids is 1. The van der Waals surface area contributed by atoms with Crippen molar-refractivity contribution in [1.29, 1.82) is 0 Å². The highest BCUT2D eigenvalue weighted by molar-refractivity contribution is 5.66. The molecule has 1 heterocycles. The summed E-state index contributed by atoms with van der Waals surface area (Å²) in [5.41, 5.74) is -3.93. The molecule has 1 aliphatic heterocycles. The van der Waals surface area contributed by atoms with E-state index in [1.165, 1.54) is 11.1 Å². The largest absolute Gasteiger partial charge is 0.494 e. The van der Waals surface area contributed by atoms with E-state index in [1.807, 2.05) is 6.07 Å². The van der Waals surface area contributed by atoms with Gasteiger partial charge in [0.25, 0.3) is 0 Å². The first-order valence-corrected chi connectivity index (χ1v) is 18.3. The molecule has 1 aromatic rings. The van der Waals surface area contributed by atoms with E-state index >= 15 is 0 Å². The Morgan fingerprint density at radius 1 is 0.827 bits per heavy atom. The Hall–Kier alpha value is -2.30. The van der Waals surface area contributed by atoms with Crippen molar-refractivity contribution in [2.24, 2.45) is 17.3 Å². The smallest absolute Gasteiger partial charge is 0.435 e. The number of benzene rings is 1. The van der Waals surface area contributed by atoms with Crippen molar-refractivity contribution < 1.29 is 63.6 Å². The van der Waals surface area contributed by atoms with E-state index in [0.29, 0.717) is 37.2 Å². The summed E-state index contributed by atoms with van der Waals surface area (Å²) in [4.78, 5) is 15.5. The van der Waals surface area contributed by atoms with Gasteiger partial charge in [0.05, 0.1) is 19.3 Å². The molecule has 1 aromatic carbocycles. The molecule has 7 nitrogen and oxygen atoms in total. The van der Waals surface area contributed by atoms with Gasteiger partial charge in [-0.15, -0.1) is 0 Å². The number of carboxylic acids is 1. The summed E-state index contributed by atoms with van der Waals surface area (Å²) in [5, 5.41) is 8.82. The Bertz CT molecular complexity index is 1310. The predicted octanol–water partition coefficient (Wildman–Crippen LogP) is 8.01. The van der Waals surface area contributed by atoms with Gasteiger partial charge in [0.15, 0.2) is 0 Å². The molecule has 4 aliphatic rings. The van der Waals surface area contributed by atoms with E-state index < -0.39 is 43.1 Å². The van der Waals surface area contributed by atoms with Crippen molar-refractivity contribution in [3.8, 4) is 5.75 Å². The Morgan fingerprint density at radius 3 is 2.08 bits per heavy atom. The lowest BCUT2D eigenvalue weighted by atomic mass is 9.55. The van der Waals surface area contributed by atoms with Crippen LogP contribution in [0.2, 0.25) is 0 Å². The first kappa shape index (κ1) is 40.9. The van der Waals surface area contributed by atoms with Crippen molar-refractivity contribution in [2.75, 3.05) is 59.1 Å². The van der Waals surface area contributed by atoms with Gasteiger partial charge >= 0.3 is 30.1 Å². The molecule has 16 heteroatoms. The third kappa shape index (κ3) is 8.64. The second kappa shape index (κ2) is 16.2. The van der Waals surface area contributed by atoms with Crippen LogP contribution in [0.5, 0.6) is 5.75 Å². The molecule has 5 atom stereocenters. The lowest BCUT2D eigenvalue weighted by Crippen LogP contribution is -2.67. The first-order valence-electron chi connectivity index (χ1n) is 18.3. The van der Waals surface area contributed by atoms with Crippen molar-refractivity contribution in [1.82, 2.24) is 9.80 Å². The summed E-state index contributed by atoms with van der Waals surface area (Å²) in [5.74, 6) is 1.13. The van der Waals surface area contributed by atoms with Crippen LogP contribution in [0, 0.1) is 17.3 Å². The minimum absolute atomic E-state index is 0.199. The number of alkyl halides is 9. The number of hydrogen-bond donors (Lipinski definition) is 1. The van der Waals surface area contributed by atoms with Gasteiger partial charge in [0.1, 0.15) is 5.75 Å². The molecule has 0 bridgehead atoms. The van der Waals surface area contributed by atoms with Crippen molar-refractivity contribution in [2.45, 2.75) is 107 Å². The molecular weight excluding hydrogens is 711 g/mol. The van der Waals surface area contributed by atoms with Crippen LogP contribution in [0.25, 0.3) is 0 Å². The highest BCUT2D eigenvalue weighted by Gasteiger charge is 2.85. The second-order valence-corrected chi connectivity index (χ2v) is 15.0. The van der Waals surface area contributed by atoms with Crippen molar-refractivity contribution >= 4 is 5.97 Å². The lowest BCUT2D eigenvalue weighted by Gasteiger charge is -2.50. The number of ether oxygens (including phenoxy) is 3. The Kier molecular flexibility index (Phi) is 12.7. The molecule has 1 saturated heterocycles. The number of carbonyl (C=O) groups is 1. The molecule has 2 saturated carbocycles. The van der Waals surface area contributed by atoms with Crippen LogP contribution in [-0.2, 0) is 20.7 Å². The third-order valence-electron chi connectivity index (χ3n) is 12.0. The Labute approximate surface area is 298 Å². The van der Waals surface area contributed by atoms with E-state index in [2.05, 4.69) is 33.6 Å². The van der Waals surface area contributed by atoms with Gasteiger partial charge in [-0.3, -0.25) is 4.79 Å². The number of hydrogen-bond acceptors (Lipinski definition) is 6. The number of nitrogens with zero attached hydrogens (tertiary/aromatic N) is 2. The first-order chi connectivity index (χ1) is 24.4. The van der Waals surface area contributed by atoms with Crippen LogP contribution in [0.1, 0.15) is 81.8 Å². The molecular formula is C36H49F9N2O5. The van der Waals surface area contributed by atoms with Gasteiger partial charge in [-0.25, -0.2) is 0 Å². The number of piperazine rings is 1. The molecule has 0 aromatic heterocycles. The number of carboxylic acid groups (broad SMARTS) is 1. The summed E-state index contributed by atoms with van der Waals surface area (Å²) < 4.78 is 134. The zero-order chi connectivity index (χ0) is 38.0. The van der Waals surface area contributed by atoms with E-state index in [-0.39, 0.29) is 24.5 Å². The molecule has 5 rings (SSSR count). The highest BCUT2D eigenvalue weighted by atomic mass is 19.4. The fraction of sp³-hybridized carbons (Fsp3) is 0.806. The summed E-state index contributed by atoms with van der Waals surface area (Å²) in [6.07, 6.45) is -14.2. The lowest BCUT2D eigenvalue weighted by molar-refractivity contribution is -0.457. The van der Waals surface area contributed by atoms with Gasteiger partial charge < -0.3 is 29.1 Å². The van der Waals surface area contributed by atoms with Crippen LogP contribution in [-0.4, -0.2) is 110 Å². The fourth-order valence-corrected chi connectivity index (χ4v) is 9.28. The summed E-state index contributed by atoms with van der Waals surface area (Å²) in [7, 11) is 0. The van der Waals surface area contributed by atoms with E-state index in [9.17, 15) is 44.3 Å². The van der Waals surface area contributed by atoms with Gasteiger partial charge in [0.2, 0.25) is 0 Å². The average molecular weight is 761 g/mol. The van der Waals surface area contributed by atoms with E-state index in [0.717, 1.165) is 83.5 Å². The standard InChI is InChI=1S/C36H49F9N2O5/c1-32-13-12-27-26-9-7-25(50-20-3-15-47-18-16-46(17-19-47)14-2-5-31(48)49)23-24(26)6-8-28(27)29(32)10-11-30(32)51-21-4-22-52-33(34(37,38)39,35(40,41)42)36(43,44)45/h7,9,23,27-30H,2-6,8,10-22H2,1H3,(H,48,49). The molecule has 296 valence electrons. The van der Waals surface area contributed by atoms with Crippen LogP contribution in [0.15, 0.2) is 18.2 Å². The van der Waals surface area contributed by atoms with Crippen molar-refractivity contribution in [3.05, 3.63) is 29.3 Å². The SMILES string of the molecule is CC12CCC3c4ccc(OCCCN5CCN(CCCC(=O)O)CC5)cc4CCC3C1CCC2OCCCOC(C(F)(F)F)(C(F)(F)F)C(F)(F)F. The normalized spacial score (nSPS) is 27.6. The Morgan fingerprint density at radius 2 is 1.46 bits per heavy atom. The molecule has 3 aliphatic carbocycles. The van der Waals surface area contributed by atoms with Crippen LogP contribution < -0.4 is 4.74 Å². The van der Waals surface area contributed by atoms with Gasteiger partial charge in [0, 0.05) is 45.8 Å². The van der Waals surface area contributed by atoms with Crippen LogP contribution >= 0.6 is 0 Å². The molecule has 5 unspecified atom stereocenters. The minimum Gasteiger partial charge on any atom is -0.494 e. The van der Waals surface area contributed by atoms with Crippen LogP contribution in [0.4, 0.5) is 39.5 Å². The van der Waals surface area contributed by atoms with E-state index in [4.69, 9.17) is 14.6 Å². The number of aryl methyl sites for hydroxylation is 1. The fourth-order valence-electron chi connectivity index (χ4n) is 9.28. The van der Waals surface area contributed by atoms with Crippen molar-refractivity contribution in [3.63, 3.8) is 0 Å². The maximum atomic E-state index is 13.2. The average Bonchev–Trinajstić information content (AvgIpc) is 3.39. The summed E-state index contributed by atoms with van der Waals surface area (Å²) >= 11 is 0. The summed E-state index contributed by atoms with van der Waals surface area (Å²) in [6.45, 7) is 6.51. The topological polar surface area (TPSA) is 71.5 Å². The van der Waals surface area contributed by atoms with Gasteiger partial charge in [-0.1, -0.05) is 13.0 Å². The van der Waals surface area contributed by atoms with Gasteiger partial charge in [-0.05, 0) is 111 Å². The predicted molar refractivity (Wildman–Crippen MR) is 172 cm³/mol. The van der Waals surface area contributed by atoms with E-state index in [1.54, 1.807) is 0 Å². The molecule has 3 fully saturated rings. The number of rotatable bonds is 15. The monoisotopic (exact) mass is 760 g/mol. The molecule has 52 heavy (non-hydrogen) atoms. The third-order valence-corrected chi connectivity index (χ3v) is 12.0. The maximum absolute atomic E-state index is 13.2. The highest BCUT2D eigenvalue weighted by Crippen LogP contribution is 2.62. The quantitative estimate of drug-likeness (QED) is 0.144. The zero-order valence-corrected chi connectivity index (χ0v) is 29.4. The number of halogens is 9. The minimum atomic E-state index is -6.74. The molecule has 0 amide bonds. The van der Waals surface area contributed by atoms with Gasteiger partial charge in [-0.2, -0.15) is 39.5 Å². The molecule has 0 radical (unpaired) electrons. The molecule has 1 N–H and O–H groups in total. The Balaban J connectivity index is 1.06. The maximum Gasteiger partial charge on any atom is 0.435 e. The second-order valence-electron chi connectivity index (χ2n) is 15.0. The zero-order valence-electron chi connectivity index (χ0n) is 29.4. The van der Waals surface area contributed by atoms with Crippen LogP contribution in [0.3, 0.4) is 0 Å². The molecule has 0 spiro atoms. The number of fused-ring (bicyclic) bond motifs is 5. The summed E-state index contributed by atoms with van der Waals surface area (Å²) in [6, 6.07) is 6.33.